The van der Waals surface area contributed by atoms with Crippen LogP contribution in [0.5, 0.6) is 0 Å². The summed E-state index contributed by atoms with van der Waals surface area (Å²) < 4.78 is 6.95. The lowest BCUT2D eigenvalue weighted by atomic mass is 9.46. The molecule has 2 fully saturated rings. The van der Waals surface area contributed by atoms with Gasteiger partial charge in [0.25, 0.3) is 0 Å². The summed E-state index contributed by atoms with van der Waals surface area (Å²) in [5.74, 6) is -0.0181. The van der Waals surface area contributed by atoms with Crippen molar-refractivity contribution in [2.75, 3.05) is 11.9 Å². The molecule has 4 rings (SSSR count). The molecule has 3 unspecified atom stereocenters. The van der Waals surface area contributed by atoms with Gasteiger partial charge in [-0.3, -0.25) is 4.79 Å². The zero-order chi connectivity index (χ0) is 17.1. The lowest BCUT2D eigenvalue weighted by Gasteiger charge is -2.65. The zero-order valence-electron chi connectivity index (χ0n) is 14.7. The van der Waals surface area contributed by atoms with Gasteiger partial charge in [0, 0.05) is 23.6 Å². The Bertz CT molecular complexity index is 822. The van der Waals surface area contributed by atoms with E-state index in [0.29, 0.717) is 0 Å². The molecular formula is C18H24ClN3O2S. The highest BCUT2D eigenvalue weighted by Crippen LogP contribution is 2.57. The maximum absolute atomic E-state index is 13.0. The molecule has 1 amide bonds. The third kappa shape index (κ3) is 2.58. The highest BCUT2D eigenvalue weighted by molar-refractivity contribution is 7.18. The quantitative estimate of drug-likeness (QED) is 0.834. The van der Waals surface area contributed by atoms with Gasteiger partial charge in [-0.05, 0) is 38.0 Å². The third-order valence-corrected chi connectivity index (χ3v) is 6.75. The summed E-state index contributed by atoms with van der Waals surface area (Å²) >= 11 is 1.62. The number of hydrogen-bond donors (Lipinski definition) is 2. The second-order valence-electron chi connectivity index (χ2n) is 7.50. The first kappa shape index (κ1) is 18.6. The van der Waals surface area contributed by atoms with E-state index in [1.165, 1.54) is 0 Å². The minimum Gasteiger partial charge on any atom is -0.377 e. The lowest BCUT2D eigenvalue weighted by molar-refractivity contribution is -0.222. The Morgan fingerprint density at radius 1 is 1.44 bits per heavy atom. The number of nitrogens with two attached hydrogens (primary N) is 1. The first-order valence-corrected chi connectivity index (χ1v) is 9.25. The molecule has 7 heteroatoms. The van der Waals surface area contributed by atoms with Crippen molar-refractivity contribution >= 4 is 45.6 Å². The van der Waals surface area contributed by atoms with Crippen LogP contribution >= 0.6 is 23.7 Å². The van der Waals surface area contributed by atoms with Crippen molar-refractivity contribution in [3.63, 3.8) is 0 Å². The number of benzene rings is 1. The third-order valence-electron chi connectivity index (χ3n) is 5.81. The fraction of sp³-hybridized carbons (Fsp3) is 0.556. The Morgan fingerprint density at radius 3 is 2.96 bits per heavy atom. The molecule has 2 heterocycles. The normalized spacial score (nSPS) is 30.1. The minimum absolute atomic E-state index is 0. The molecule has 1 aromatic carbocycles. The maximum atomic E-state index is 13.0. The van der Waals surface area contributed by atoms with Gasteiger partial charge in [0.05, 0.1) is 21.3 Å². The van der Waals surface area contributed by atoms with Crippen LogP contribution in [-0.4, -0.2) is 29.1 Å². The Hall–Kier alpha value is -1.21. The predicted molar refractivity (Wildman–Crippen MR) is 103 cm³/mol. The molecule has 1 saturated carbocycles. The summed E-state index contributed by atoms with van der Waals surface area (Å²) in [6.45, 7) is 6.82. The summed E-state index contributed by atoms with van der Waals surface area (Å²) in [5, 5.41) is 4.05. The van der Waals surface area contributed by atoms with Crippen molar-refractivity contribution < 1.29 is 9.53 Å². The molecule has 1 aliphatic carbocycles. The number of fused-ring (bicyclic) bond motifs is 2. The zero-order valence-corrected chi connectivity index (χ0v) is 16.3. The molecule has 1 aliphatic heterocycles. The Labute approximate surface area is 157 Å². The van der Waals surface area contributed by atoms with Crippen LogP contribution < -0.4 is 11.1 Å². The number of hydrogen-bond acceptors (Lipinski definition) is 5. The van der Waals surface area contributed by atoms with Gasteiger partial charge in [-0.2, -0.15) is 0 Å². The van der Waals surface area contributed by atoms with Crippen molar-refractivity contribution in [2.45, 2.75) is 45.3 Å². The molecule has 136 valence electrons. The number of rotatable bonds is 2. The number of carbonyl (C=O) groups is 1. The van der Waals surface area contributed by atoms with E-state index < -0.39 is 5.54 Å². The summed E-state index contributed by atoms with van der Waals surface area (Å²) in [6.07, 6.45) is 1.99. The largest absolute Gasteiger partial charge is 0.377 e. The summed E-state index contributed by atoms with van der Waals surface area (Å²) in [7, 11) is 0. The van der Waals surface area contributed by atoms with Crippen LogP contribution in [0.25, 0.3) is 10.2 Å². The van der Waals surface area contributed by atoms with Gasteiger partial charge in [0.2, 0.25) is 5.91 Å². The van der Waals surface area contributed by atoms with Crippen molar-refractivity contribution in [1.82, 2.24) is 4.98 Å². The molecule has 2 aromatic rings. The van der Waals surface area contributed by atoms with Gasteiger partial charge in [-0.25, -0.2) is 4.98 Å². The van der Waals surface area contributed by atoms with Gasteiger partial charge < -0.3 is 15.8 Å². The number of aryl methyl sites for hydroxylation is 1. The molecule has 5 nitrogen and oxygen atoms in total. The first-order chi connectivity index (χ1) is 11.3. The lowest BCUT2D eigenvalue weighted by Crippen LogP contribution is -2.81. The number of nitrogens with zero attached hydrogens (tertiary/aromatic N) is 1. The Balaban J connectivity index is 0.00000182. The molecule has 0 bridgehead atoms. The SMILES string of the molecule is Cc1nc2ccc(NC(=O)C3(N)C4CCCOC4C3(C)C)cc2s1.Cl. The van der Waals surface area contributed by atoms with E-state index in [1.807, 2.05) is 39.0 Å². The van der Waals surface area contributed by atoms with E-state index in [-0.39, 0.29) is 35.8 Å². The maximum Gasteiger partial charge on any atom is 0.245 e. The molecule has 25 heavy (non-hydrogen) atoms. The fourth-order valence-corrected chi connectivity index (χ4v) is 5.26. The number of halogens is 1. The second kappa shape index (κ2) is 6.20. The number of aromatic nitrogens is 1. The summed E-state index contributed by atoms with van der Waals surface area (Å²) in [4.78, 5) is 17.5. The van der Waals surface area contributed by atoms with Crippen LogP contribution in [0.2, 0.25) is 0 Å². The van der Waals surface area contributed by atoms with E-state index >= 15 is 0 Å². The number of anilines is 1. The number of carbonyl (C=O) groups excluding carboxylic acids is 1. The highest BCUT2D eigenvalue weighted by Gasteiger charge is 2.70. The van der Waals surface area contributed by atoms with E-state index in [9.17, 15) is 4.79 Å². The van der Waals surface area contributed by atoms with Crippen molar-refractivity contribution in [1.29, 1.82) is 0 Å². The molecule has 1 saturated heterocycles. The van der Waals surface area contributed by atoms with Crippen molar-refractivity contribution in [3.8, 4) is 0 Å². The molecular weight excluding hydrogens is 358 g/mol. The standard InChI is InChI=1S/C18H23N3O2S.ClH/c1-10-20-13-7-6-11(9-14(13)24-10)21-16(22)18(19)12-5-4-8-23-15(12)17(18,2)3;/h6-7,9,12,15H,4-5,8,19H2,1-3H3,(H,21,22);1H. The summed E-state index contributed by atoms with van der Waals surface area (Å²) in [6, 6.07) is 5.81. The number of amides is 1. The van der Waals surface area contributed by atoms with Crippen LogP contribution in [0.3, 0.4) is 0 Å². The van der Waals surface area contributed by atoms with Crippen LogP contribution in [0.4, 0.5) is 5.69 Å². The Morgan fingerprint density at radius 2 is 2.20 bits per heavy atom. The molecule has 1 aromatic heterocycles. The van der Waals surface area contributed by atoms with Crippen LogP contribution in [0.15, 0.2) is 18.2 Å². The molecule has 0 spiro atoms. The van der Waals surface area contributed by atoms with E-state index in [4.69, 9.17) is 10.5 Å². The van der Waals surface area contributed by atoms with E-state index in [2.05, 4.69) is 10.3 Å². The molecule has 0 radical (unpaired) electrons. The molecule has 3 atom stereocenters. The topological polar surface area (TPSA) is 77.2 Å². The van der Waals surface area contributed by atoms with E-state index in [0.717, 1.165) is 40.4 Å². The van der Waals surface area contributed by atoms with Crippen molar-refractivity contribution in [2.24, 2.45) is 17.1 Å². The average molecular weight is 382 g/mol. The number of thiazole rings is 1. The molecule has 3 N–H and O–H groups in total. The minimum atomic E-state index is -0.892. The van der Waals surface area contributed by atoms with Gasteiger partial charge in [0.15, 0.2) is 0 Å². The van der Waals surface area contributed by atoms with Crippen LogP contribution in [0, 0.1) is 18.3 Å². The smallest absolute Gasteiger partial charge is 0.245 e. The number of ether oxygens (including phenoxy) is 1. The van der Waals surface area contributed by atoms with Crippen LogP contribution in [-0.2, 0) is 9.53 Å². The fourth-order valence-electron chi connectivity index (χ4n) is 4.39. The first-order valence-electron chi connectivity index (χ1n) is 8.43. The summed E-state index contributed by atoms with van der Waals surface area (Å²) in [5.41, 5.74) is 7.12. The number of nitrogens with one attached hydrogen (secondary N) is 1. The van der Waals surface area contributed by atoms with E-state index in [1.54, 1.807) is 11.3 Å². The molecule has 2 aliphatic rings. The monoisotopic (exact) mass is 381 g/mol. The van der Waals surface area contributed by atoms with Gasteiger partial charge >= 0.3 is 0 Å². The Kier molecular flexibility index (Phi) is 4.60. The highest BCUT2D eigenvalue weighted by atomic mass is 35.5. The van der Waals surface area contributed by atoms with Gasteiger partial charge in [-0.1, -0.05) is 13.8 Å². The van der Waals surface area contributed by atoms with Crippen molar-refractivity contribution in [3.05, 3.63) is 23.2 Å². The predicted octanol–water partition coefficient (Wildman–Crippen LogP) is 3.50. The van der Waals surface area contributed by atoms with Gasteiger partial charge in [0.1, 0.15) is 5.54 Å². The average Bonchev–Trinajstić information content (AvgIpc) is 2.93. The second-order valence-corrected chi connectivity index (χ2v) is 8.74. The van der Waals surface area contributed by atoms with Gasteiger partial charge in [-0.15, -0.1) is 23.7 Å². The van der Waals surface area contributed by atoms with Crippen LogP contribution in [0.1, 0.15) is 31.7 Å².